The molecule has 4 nitrogen and oxygen atoms in total. The standard InChI is InChI=1S/C15H24N2O2/c1-10(2)16-14(17-19)6-7-15(11(3)18)9-12-4-5-13(15)8-12/h4-5,10,12-13,19H,6-9H2,1-3H3,(H,16,17). The number of aliphatic imine (C=N–C) groups is 1. The minimum atomic E-state index is -0.228. The third-order valence-electron chi connectivity index (χ3n) is 4.56. The number of nitrogens with one attached hydrogen (secondary N) is 1. The third-order valence-corrected chi connectivity index (χ3v) is 4.56. The highest BCUT2D eigenvalue weighted by molar-refractivity contribution is 5.86. The average molecular weight is 264 g/mol. The van der Waals surface area contributed by atoms with Crippen LogP contribution in [0.5, 0.6) is 0 Å². The summed E-state index contributed by atoms with van der Waals surface area (Å²) in [6.07, 6.45) is 7.94. The number of carbonyl (C=O) groups is 1. The highest BCUT2D eigenvalue weighted by Crippen LogP contribution is 2.55. The van der Waals surface area contributed by atoms with Gasteiger partial charge in [-0.15, -0.1) is 0 Å². The number of rotatable bonds is 5. The van der Waals surface area contributed by atoms with Crippen molar-refractivity contribution in [1.82, 2.24) is 5.48 Å². The fourth-order valence-corrected chi connectivity index (χ4v) is 3.63. The molecule has 0 aliphatic heterocycles. The van der Waals surface area contributed by atoms with Crippen LogP contribution in [0.2, 0.25) is 0 Å². The summed E-state index contributed by atoms with van der Waals surface area (Å²) in [5, 5.41) is 9.12. The molecule has 0 spiro atoms. The van der Waals surface area contributed by atoms with Crippen LogP contribution in [0.25, 0.3) is 0 Å². The minimum Gasteiger partial charge on any atom is -0.299 e. The van der Waals surface area contributed by atoms with E-state index in [1.807, 2.05) is 13.8 Å². The molecule has 3 atom stereocenters. The molecule has 19 heavy (non-hydrogen) atoms. The molecule has 2 bridgehead atoms. The molecule has 0 radical (unpaired) electrons. The van der Waals surface area contributed by atoms with Crippen LogP contribution in [-0.4, -0.2) is 22.9 Å². The van der Waals surface area contributed by atoms with Gasteiger partial charge in [-0.25, -0.2) is 0 Å². The van der Waals surface area contributed by atoms with Gasteiger partial charge in [-0.05, 0) is 51.9 Å². The van der Waals surface area contributed by atoms with E-state index in [0.717, 1.165) is 19.3 Å². The molecule has 0 amide bonds. The zero-order valence-corrected chi connectivity index (χ0v) is 12.0. The van der Waals surface area contributed by atoms with Gasteiger partial charge in [0.05, 0.1) is 0 Å². The number of ketones is 1. The maximum atomic E-state index is 12.1. The normalized spacial score (nSPS) is 33.2. The Morgan fingerprint density at radius 1 is 1.53 bits per heavy atom. The summed E-state index contributed by atoms with van der Waals surface area (Å²) in [6, 6.07) is 0.142. The van der Waals surface area contributed by atoms with Crippen molar-refractivity contribution < 1.29 is 10.0 Å². The van der Waals surface area contributed by atoms with Crippen LogP contribution in [0.3, 0.4) is 0 Å². The molecule has 2 aliphatic carbocycles. The predicted octanol–water partition coefficient (Wildman–Crippen LogP) is 2.72. The van der Waals surface area contributed by atoms with Crippen molar-refractivity contribution in [1.29, 1.82) is 0 Å². The molecule has 1 fully saturated rings. The Bertz CT molecular complexity index is 414. The first-order chi connectivity index (χ1) is 8.98. The highest BCUT2D eigenvalue weighted by Gasteiger charge is 2.50. The molecule has 0 aromatic carbocycles. The van der Waals surface area contributed by atoms with Gasteiger partial charge >= 0.3 is 0 Å². The zero-order chi connectivity index (χ0) is 14.0. The summed E-state index contributed by atoms with van der Waals surface area (Å²) in [5.41, 5.74) is 1.95. The van der Waals surface area contributed by atoms with Crippen molar-refractivity contribution in [3.63, 3.8) is 0 Å². The summed E-state index contributed by atoms with van der Waals surface area (Å²) >= 11 is 0. The zero-order valence-electron chi connectivity index (χ0n) is 12.0. The molecule has 0 aromatic heterocycles. The van der Waals surface area contributed by atoms with Gasteiger partial charge in [0.15, 0.2) is 0 Å². The lowest BCUT2D eigenvalue weighted by atomic mass is 9.69. The van der Waals surface area contributed by atoms with Crippen molar-refractivity contribution in [2.75, 3.05) is 0 Å². The summed E-state index contributed by atoms with van der Waals surface area (Å²) in [4.78, 5) is 16.5. The molecule has 2 aliphatic rings. The molecule has 2 rings (SSSR count). The number of Topliss-reactive ketones (excluding diaryl/α,β-unsaturated/α-hetero) is 1. The van der Waals surface area contributed by atoms with Crippen LogP contribution in [0.4, 0.5) is 0 Å². The largest absolute Gasteiger partial charge is 0.299 e. The topological polar surface area (TPSA) is 61.7 Å². The Labute approximate surface area is 115 Å². The van der Waals surface area contributed by atoms with Crippen LogP contribution in [0, 0.1) is 17.3 Å². The summed E-state index contributed by atoms with van der Waals surface area (Å²) < 4.78 is 0. The molecule has 106 valence electrons. The van der Waals surface area contributed by atoms with E-state index in [-0.39, 0.29) is 17.2 Å². The summed E-state index contributed by atoms with van der Waals surface area (Å²) in [5.74, 6) is 1.82. The maximum absolute atomic E-state index is 12.1. The number of fused-ring (bicyclic) bond motifs is 2. The first-order valence-corrected chi connectivity index (χ1v) is 7.14. The Hall–Kier alpha value is -1.16. The Kier molecular flexibility index (Phi) is 4.09. The van der Waals surface area contributed by atoms with E-state index in [4.69, 9.17) is 5.21 Å². The minimum absolute atomic E-state index is 0.142. The summed E-state index contributed by atoms with van der Waals surface area (Å²) in [7, 11) is 0. The van der Waals surface area contributed by atoms with Crippen LogP contribution in [0.15, 0.2) is 17.1 Å². The van der Waals surface area contributed by atoms with E-state index in [2.05, 4.69) is 22.6 Å². The van der Waals surface area contributed by atoms with Crippen molar-refractivity contribution in [3.05, 3.63) is 12.2 Å². The van der Waals surface area contributed by atoms with E-state index in [0.29, 0.717) is 24.1 Å². The number of carbonyl (C=O) groups excluding carboxylic acids is 1. The van der Waals surface area contributed by atoms with Gasteiger partial charge in [0, 0.05) is 17.9 Å². The van der Waals surface area contributed by atoms with Crippen LogP contribution in [0.1, 0.15) is 46.5 Å². The van der Waals surface area contributed by atoms with Gasteiger partial charge in [0.25, 0.3) is 0 Å². The van der Waals surface area contributed by atoms with Crippen molar-refractivity contribution >= 4 is 11.6 Å². The second kappa shape index (κ2) is 5.45. The Morgan fingerprint density at radius 2 is 2.26 bits per heavy atom. The lowest BCUT2D eigenvalue weighted by molar-refractivity contribution is -0.128. The highest BCUT2D eigenvalue weighted by atomic mass is 16.5. The number of amidine groups is 1. The first-order valence-electron chi connectivity index (χ1n) is 7.14. The lowest BCUT2D eigenvalue weighted by Gasteiger charge is -2.33. The van der Waals surface area contributed by atoms with Gasteiger partial charge < -0.3 is 0 Å². The molecule has 2 N–H and O–H groups in total. The molecule has 0 aromatic rings. The molecular formula is C15H24N2O2. The fourth-order valence-electron chi connectivity index (χ4n) is 3.63. The van der Waals surface area contributed by atoms with Gasteiger partial charge in [0.2, 0.25) is 0 Å². The van der Waals surface area contributed by atoms with Crippen LogP contribution in [-0.2, 0) is 4.79 Å². The van der Waals surface area contributed by atoms with Crippen molar-refractivity contribution in [2.45, 2.75) is 52.5 Å². The first kappa shape index (κ1) is 14.3. The van der Waals surface area contributed by atoms with E-state index in [1.165, 1.54) is 0 Å². The molecule has 4 heteroatoms. The SMILES string of the molecule is CC(=O)C1(CCC(=NC(C)C)NO)CC2C=CC1C2. The van der Waals surface area contributed by atoms with Gasteiger partial charge in [-0.3, -0.25) is 20.5 Å². The number of hydroxylamine groups is 1. The van der Waals surface area contributed by atoms with Crippen molar-refractivity contribution in [3.8, 4) is 0 Å². The van der Waals surface area contributed by atoms with E-state index in [9.17, 15) is 4.79 Å². The van der Waals surface area contributed by atoms with Gasteiger partial charge in [-0.1, -0.05) is 12.2 Å². The predicted molar refractivity (Wildman–Crippen MR) is 75.2 cm³/mol. The number of hydrogen-bond acceptors (Lipinski definition) is 3. The van der Waals surface area contributed by atoms with E-state index in [1.54, 1.807) is 6.92 Å². The maximum Gasteiger partial charge on any atom is 0.136 e. The van der Waals surface area contributed by atoms with Crippen molar-refractivity contribution in [2.24, 2.45) is 22.2 Å². The third kappa shape index (κ3) is 2.73. The second-order valence-corrected chi connectivity index (χ2v) is 6.18. The monoisotopic (exact) mass is 264 g/mol. The van der Waals surface area contributed by atoms with E-state index < -0.39 is 0 Å². The molecular weight excluding hydrogens is 240 g/mol. The van der Waals surface area contributed by atoms with Gasteiger partial charge in [0.1, 0.15) is 11.6 Å². The Balaban J connectivity index is 2.07. The lowest BCUT2D eigenvalue weighted by Crippen LogP contribution is -2.35. The molecule has 3 unspecified atom stereocenters. The fraction of sp³-hybridized carbons (Fsp3) is 0.733. The summed E-state index contributed by atoms with van der Waals surface area (Å²) in [6.45, 7) is 5.65. The number of allylic oxidation sites excluding steroid dienone is 2. The van der Waals surface area contributed by atoms with Crippen LogP contribution >= 0.6 is 0 Å². The van der Waals surface area contributed by atoms with E-state index >= 15 is 0 Å². The van der Waals surface area contributed by atoms with Crippen LogP contribution < -0.4 is 5.48 Å². The molecule has 1 saturated carbocycles. The molecule has 0 saturated heterocycles. The average Bonchev–Trinajstić information content (AvgIpc) is 2.94. The smallest absolute Gasteiger partial charge is 0.136 e. The Morgan fingerprint density at radius 3 is 2.68 bits per heavy atom. The quantitative estimate of drug-likeness (QED) is 0.347. The van der Waals surface area contributed by atoms with Gasteiger partial charge in [-0.2, -0.15) is 0 Å². The number of nitrogens with zero attached hydrogens (tertiary/aromatic N) is 1. The molecule has 0 heterocycles. The number of hydrogen-bond donors (Lipinski definition) is 2. The second-order valence-electron chi connectivity index (χ2n) is 6.18.